The molecule has 0 atom stereocenters. The molecule has 0 spiro atoms. The number of rotatable bonds is 10. The van der Waals surface area contributed by atoms with Crippen LogP contribution in [-0.4, -0.2) is 56.8 Å². The van der Waals surface area contributed by atoms with E-state index in [1.165, 1.54) is 8.61 Å². The second-order valence-corrected chi connectivity index (χ2v) is 6.06. The molecular formula is C11H27N3O2S. The third kappa shape index (κ3) is 5.81. The number of hydrogen-bond acceptors (Lipinski definition) is 3. The summed E-state index contributed by atoms with van der Waals surface area (Å²) in [7, 11) is -1.61. The zero-order valence-electron chi connectivity index (χ0n) is 11.6. The summed E-state index contributed by atoms with van der Waals surface area (Å²) in [5.74, 6) is 0. The lowest BCUT2D eigenvalue weighted by Gasteiger charge is -2.26. The fourth-order valence-electron chi connectivity index (χ4n) is 1.60. The van der Waals surface area contributed by atoms with Crippen LogP contribution in [0.1, 0.15) is 33.6 Å². The zero-order chi connectivity index (χ0) is 13.3. The van der Waals surface area contributed by atoms with E-state index in [0.717, 1.165) is 25.9 Å². The molecule has 5 nitrogen and oxygen atoms in total. The van der Waals surface area contributed by atoms with Crippen LogP contribution < -0.4 is 5.32 Å². The molecule has 17 heavy (non-hydrogen) atoms. The summed E-state index contributed by atoms with van der Waals surface area (Å²) in [6.07, 6.45) is 1.69. The van der Waals surface area contributed by atoms with Crippen LogP contribution in [0.2, 0.25) is 0 Å². The van der Waals surface area contributed by atoms with Crippen LogP contribution in [0, 0.1) is 0 Å². The Morgan fingerprint density at radius 2 is 1.76 bits per heavy atom. The molecule has 0 rings (SSSR count). The average Bonchev–Trinajstić information content (AvgIpc) is 2.30. The van der Waals surface area contributed by atoms with Gasteiger partial charge in [-0.05, 0) is 25.9 Å². The van der Waals surface area contributed by atoms with Crippen LogP contribution in [0.25, 0.3) is 0 Å². The van der Waals surface area contributed by atoms with E-state index in [0.29, 0.717) is 19.6 Å². The Kier molecular flexibility index (Phi) is 8.77. The van der Waals surface area contributed by atoms with Gasteiger partial charge in [0.05, 0.1) is 0 Å². The van der Waals surface area contributed by atoms with Crippen molar-refractivity contribution in [3.05, 3.63) is 0 Å². The third-order valence-electron chi connectivity index (χ3n) is 2.62. The molecule has 0 saturated heterocycles. The molecule has 104 valence electrons. The minimum absolute atomic E-state index is 0.535. The molecule has 0 aromatic heterocycles. The fraction of sp³-hybridized carbons (Fsp3) is 1.00. The van der Waals surface area contributed by atoms with Gasteiger partial charge in [0.25, 0.3) is 10.2 Å². The van der Waals surface area contributed by atoms with E-state index >= 15 is 0 Å². The van der Waals surface area contributed by atoms with Gasteiger partial charge in [-0.2, -0.15) is 17.0 Å². The van der Waals surface area contributed by atoms with Crippen molar-refractivity contribution in [2.45, 2.75) is 33.6 Å². The van der Waals surface area contributed by atoms with E-state index in [2.05, 4.69) is 5.32 Å². The van der Waals surface area contributed by atoms with Crippen molar-refractivity contribution >= 4 is 10.2 Å². The highest BCUT2D eigenvalue weighted by Crippen LogP contribution is 2.07. The summed E-state index contributed by atoms with van der Waals surface area (Å²) in [6, 6.07) is 0. The van der Waals surface area contributed by atoms with E-state index in [1.807, 2.05) is 20.8 Å². The second-order valence-electron chi connectivity index (χ2n) is 4.03. The molecule has 0 saturated carbocycles. The Bertz CT molecular complexity index is 280. The number of nitrogens with zero attached hydrogens (tertiary/aromatic N) is 2. The summed E-state index contributed by atoms with van der Waals surface area (Å²) in [5.41, 5.74) is 0. The lowest BCUT2D eigenvalue weighted by molar-refractivity contribution is 0.364. The smallest absolute Gasteiger partial charge is 0.281 e. The molecule has 0 radical (unpaired) electrons. The first kappa shape index (κ1) is 16.8. The van der Waals surface area contributed by atoms with Crippen molar-refractivity contribution in [2.24, 2.45) is 0 Å². The van der Waals surface area contributed by atoms with Crippen molar-refractivity contribution < 1.29 is 8.42 Å². The van der Waals surface area contributed by atoms with Crippen LogP contribution in [0.15, 0.2) is 0 Å². The molecule has 0 unspecified atom stereocenters. The van der Waals surface area contributed by atoms with Gasteiger partial charge < -0.3 is 5.32 Å². The van der Waals surface area contributed by atoms with Gasteiger partial charge in [0.2, 0.25) is 0 Å². The maximum absolute atomic E-state index is 12.1. The quantitative estimate of drug-likeness (QED) is 0.597. The molecule has 6 heteroatoms. The first-order chi connectivity index (χ1) is 8.00. The van der Waals surface area contributed by atoms with Crippen molar-refractivity contribution in [1.82, 2.24) is 13.9 Å². The largest absolute Gasteiger partial charge is 0.317 e. The van der Waals surface area contributed by atoms with Crippen molar-refractivity contribution in [1.29, 1.82) is 0 Å². The normalized spacial score (nSPS) is 12.6. The molecule has 0 aromatic carbocycles. The van der Waals surface area contributed by atoms with Crippen molar-refractivity contribution in [3.63, 3.8) is 0 Å². The van der Waals surface area contributed by atoms with E-state index in [1.54, 1.807) is 7.05 Å². The monoisotopic (exact) mass is 265 g/mol. The Hall–Kier alpha value is -0.170. The standard InChI is InChI=1S/C11H27N3O2S/c1-5-10-14(7-3)17(15,16)13(4)11-8-9-12-6-2/h12H,5-11H2,1-4H3. The Labute approximate surface area is 106 Å². The van der Waals surface area contributed by atoms with E-state index < -0.39 is 10.2 Å². The second kappa shape index (κ2) is 8.85. The van der Waals surface area contributed by atoms with Crippen molar-refractivity contribution in [2.75, 3.05) is 39.8 Å². The molecular weight excluding hydrogens is 238 g/mol. The molecule has 0 fully saturated rings. The van der Waals surface area contributed by atoms with Crippen molar-refractivity contribution in [3.8, 4) is 0 Å². The zero-order valence-corrected chi connectivity index (χ0v) is 12.4. The van der Waals surface area contributed by atoms with Gasteiger partial charge in [0.1, 0.15) is 0 Å². The summed E-state index contributed by atoms with van der Waals surface area (Å²) in [5, 5.41) is 3.19. The third-order valence-corrected chi connectivity index (χ3v) is 4.69. The fourth-order valence-corrected chi connectivity index (χ4v) is 3.10. The van der Waals surface area contributed by atoms with Gasteiger partial charge >= 0.3 is 0 Å². The maximum atomic E-state index is 12.1. The SMILES string of the molecule is CCCN(CC)S(=O)(=O)N(C)CCCNCC. The molecule has 0 aliphatic carbocycles. The van der Waals surface area contributed by atoms with Gasteiger partial charge in [-0.25, -0.2) is 0 Å². The predicted octanol–water partition coefficient (Wildman–Crippen LogP) is 0.895. The average molecular weight is 265 g/mol. The van der Waals surface area contributed by atoms with Gasteiger partial charge in [-0.1, -0.05) is 20.8 Å². The summed E-state index contributed by atoms with van der Waals surface area (Å²) >= 11 is 0. The summed E-state index contributed by atoms with van der Waals surface area (Å²) in [4.78, 5) is 0. The van der Waals surface area contributed by atoms with E-state index in [4.69, 9.17) is 0 Å². The van der Waals surface area contributed by atoms with Gasteiger partial charge in [-0.3, -0.25) is 0 Å². The molecule has 0 aliphatic heterocycles. The highest BCUT2D eigenvalue weighted by molar-refractivity contribution is 7.86. The molecule has 0 aliphatic rings. The molecule has 1 N–H and O–H groups in total. The Morgan fingerprint density at radius 1 is 1.12 bits per heavy atom. The van der Waals surface area contributed by atoms with Gasteiger partial charge in [-0.15, -0.1) is 0 Å². The van der Waals surface area contributed by atoms with Gasteiger partial charge in [0.15, 0.2) is 0 Å². The predicted molar refractivity (Wildman–Crippen MR) is 72.2 cm³/mol. The van der Waals surface area contributed by atoms with E-state index in [9.17, 15) is 8.42 Å². The minimum atomic E-state index is -3.26. The van der Waals surface area contributed by atoms with Crippen LogP contribution in [0.3, 0.4) is 0 Å². The van der Waals surface area contributed by atoms with Crippen LogP contribution >= 0.6 is 0 Å². The molecule has 0 aromatic rings. The van der Waals surface area contributed by atoms with Crippen LogP contribution in [0.4, 0.5) is 0 Å². The van der Waals surface area contributed by atoms with Crippen LogP contribution in [0.5, 0.6) is 0 Å². The first-order valence-corrected chi connectivity index (χ1v) is 7.82. The Morgan fingerprint density at radius 3 is 2.24 bits per heavy atom. The topological polar surface area (TPSA) is 52.7 Å². The lowest BCUT2D eigenvalue weighted by Crippen LogP contribution is -2.42. The summed E-state index contributed by atoms with van der Waals surface area (Å²) in [6.45, 7) is 9.38. The Balaban J connectivity index is 4.27. The minimum Gasteiger partial charge on any atom is -0.317 e. The number of hydrogen-bond donors (Lipinski definition) is 1. The van der Waals surface area contributed by atoms with Gasteiger partial charge in [0, 0.05) is 26.7 Å². The highest BCUT2D eigenvalue weighted by atomic mass is 32.2. The maximum Gasteiger partial charge on any atom is 0.281 e. The summed E-state index contributed by atoms with van der Waals surface area (Å²) < 4.78 is 27.3. The van der Waals surface area contributed by atoms with Crippen LogP contribution in [-0.2, 0) is 10.2 Å². The molecule has 0 bridgehead atoms. The lowest BCUT2D eigenvalue weighted by atomic mass is 10.4. The molecule has 0 heterocycles. The first-order valence-electron chi connectivity index (χ1n) is 6.42. The highest BCUT2D eigenvalue weighted by Gasteiger charge is 2.24. The van der Waals surface area contributed by atoms with E-state index in [-0.39, 0.29) is 0 Å². The molecule has 0 amide bonds. The number of nitrogens with one attached hydrogen (secondary N) is 1.